The molecular weight excluding hydrogens is 262 g/mol. The third kappa shape index (κ3) is 3.99. The van der Waals surface area contributed by atoms with Crippen LogP contribution in [-0.4, -0.2) is 40.7 Å². The Hall–Kier alpha value is -1.49. The summed E-state index contributed by atoms with van der Waals surface area (Å²) in [7, 11) is 0. The zero-order valence-electron chi connectivity index (χ0n) is 10.8. The molecule has 4 nitrogen and oxygen atoms in total. The molecule has 19 heavy (non-hydrogen) atoms. The number of carbonyl (C=O) groups is 2. The number of hydrogen-bond acceptors (Lipinski definition) is 3. The number of carboxylic acid groups (broad SMARTS) is 1. The van der Waals surface area contributed by atoms with Gasteiger partial charge in [-0.2, -0.15) is 0 Å². The second-order valence-corrected chi connectivity index (χ2v) is 5.91. The second-order valence-electron chi connectivity index (χ2n) is 4.86. The van der Waals surface area contributed by atoms with Gasteiger partial charge in [-0.3, -0.25) is 9.59 Å². The van der Waals surface area contributed by atoms with Gasteiger partial charge in [0.25, 0.3) is 0 Å². The maximum atomic E-state index is 11.9. The topological polar surface area (TPSA) is 57.6 Å². The molecule has 1 aliphatic heterocycles. The van der Waals surface area contributed by atoms with Crippen LogP contribution in [0.2, 0.25) is 0 Å². The van der Waals surface area contributed by atoms with E-state index in [1.165, 1.54) is 17.3 Å². The third-order valence-electron chi connectivity index (χ3n) is 3.16. The highest BCUT2D eigenvalue weighted by Crippen LogP contribution is 2.23. The number of amides is 1. The lowest BCUT2D eigenvalue weighted by Crippen LogP contribution is -2.51. The zero-order valence-corrected chi connectivity index (χ0v) is 11.7. The van der Waals surface area contributed by atoms with Crippen LogP contribution in [0.5, 0.6) is 0 Å². The smallest absolute Gasteiger partial charge is 0.303 e. The minimum absolute atomic E-state index is 0.0900. The minimum atomic E-state index is -0.786. The number of nitrogens with zero attached hydrogens (tertiary/aromatic N) is 1. The van der Waals surface area contributed by atoms with E-state index in [1.807, 2.05) is 31.2 Å². The van der Waals surface area contributed by atoms with E-state index >= 15 is 0 Å². The minimum Gasteiger partial charge on any atom is -0.481 e. The molecule has 0 spiro atoms. The number of thioether (sulfide) groups is 1. The Bertz CT molecular complexity index is 466. The Labute approximate surface area is 116 Å². The highest BCUT2D eigenvalue weighted by molar-refractivity contribution is 8.00. The monoisotopic (exact) mass is 279 g/mol. The second kappa shape index (κ2) is 6.10. The van der Waals surface area contributed by atoms with E-state index in [1.54, 1.807) is 4.90 Å². The maximum absolute atomic E-state index is 11.9. The van der Waals surface area contributed by atoms with Gasteiger partial charge in [0.2, 0.25) is 5.91 Å². The summed E-state index contributed by atoms with van der Waals surface area (Å²) < 4.78 is 0. The number of aliphatic carboxylic acids is 1. The Morgan fingerprint density at radius 2 is 1.95 bits per heavy atom. The van der Waals surface area contributed by atoms with Crippen molar-refractivity contribution in [3.05, 3.63) is 29.8 Å². The standard InChI is InChI=1S/C14H17NO3S/c1-10-2-4-12(5-3-10)19-9-13(16)15-7-11(8-15)6-14(17)18/h2-5,11H,6-9H2,1H3,(H,17,18). The molecule has 2 rings (SSSR count). The molecule has 0 aromatic heterocycles. The fraction of sp³-hybridized carbons (Fsp3) is 0.429. The van der Waals surface area contributed by atoms with Crippen molar-refractivity contribution in [3.8, 4) is 0 Å². The van der Waals surface area contributed by atoms with E-state index in [0.29, 0.717) is 18.8 Å². The van der Waals surface area contributed by atoms with E-state index in [4.69, 9.17) is 5.11 Å². The molecule has 1 heterocycles. The molecule has 5 heteroatoms. The van der Waals surface area contributed by atoms with Gasteiger partial charge in [-0.05, 0) is 19.1 Å². The number of hydrogen-bond donors (Lipinski definition) is 1. The largest absolute Gasteiger partial charge is 0.481 e. The van der Waals surface area contributed by atoms with Crippen molar-refractivity contribution in [2.24, 2.45) is 5.92 Å². The lowest BCUT2D eigenvalue weighted by Gasteiger charge is -2.38. The van der Waals surface area contributed by atoms with Crippen LogP contribution in [0.1, 0.15) is 12.0 Å². The molecule has 1 N–H and O–H groups in total. The molecule has 0 radical (unpaired) electrons. The molecule has 1 aliphatic rings. The van der Waals surface area contributed by atoms with E-state index in [0.717, 1.165) is 4.90 Å². The van der Waals surface area contributed by atoms with Crippen molar-refractivity contribution in [2.45, 2.75) is 18.2 Å². The first-order valence-corrected chi connectivity index (χ1v) is 7.22. The van der Waals surface area contributed by atoms with Crippen LogP contribution in [0.4, 0.5) is 0 Å². The summed E-state index contributed by atoms with van der Waals surface area (Å²) in [6.45, 7) is 3.20. The number of carbonyl (C=O) groups excluding carboxylic acids is 1. The summed E-state index contributed by atoms with van der Waals surface area (Å²) in [6, 6.07) is 8.08. The van der Waals surface area contributed by atoms with Crippen molar-refractivity contribution in [1.29, 1.82) is 0 Å². The van der Waals surface area contributed by atoms with Crippen LogP contribution < -0.4 is 0 Å². The maximum Gasteiger partial charge on any atom is 0.303 e. The van der Waals surface area contributed by atoms with Gasteiger partial charge in [-0.25, -0.2) is 0 Å². The van der Waals surface area contributed by atoms with Gasteiger partial charge < -0.3 is 10.0 Å². The number of likely N-dealkylation sites (tertiary alicyclic amines) is 1. The summed E-state index contributed by atoms with van der Waals surface area (Å²) in [5, 5.41) is 8.64. The molecule has 0 atom stereocenters. The number of carboxylic acids is 1. The van der Waals surface area contributed by atoms with Crippen LogP contribution in [0.3, 0.4) is 0 Å². The fourth-order valence-electron chi connectivity index (χ4n) is 2.02. The average Bonchev–Trinajstić information content (AvgIpc) is 2.32. The summed E-state index contributed by atoms with van der Waals surface area (Å²) in [6.07, 6.45) is 0.162. The quantitative estimate of drug-likeness (QED) is 0.838. The van der Waals surface area contributed by atoms with Crippen LogP contribution in [0.15, 0.2) is 29.2 Å². The Kier molecular flexibility index (Phi) is 4.47. The number of rotatable bonds is 5. The molecule has 1 aromatic rings. The van der Waals surface area contributed by atoms with Gasteiger partial charge in [-0.15, -0.1) is 11.8 Å². The van der Waals surface area contributed by atoms with Crippen molar-refractivity contribution in [2.75, 3.05) is 18.8 Å². The molecule has 1 amide bonds. The van der Waals surface area contributed by atoms with E-state index in [2.05, 4.69) is 0 Å². The lowest BCUT2D eigenvalue weighted by molar-refractivity contribution is -0.143. The first-order valence-electron chi connectivity index (χ1n) is 6.23. The lowest BCUT2D eigenvalue weighted by atomic mass is 9.96. The Balaban J connectivity index is 1.71. The predicted molar refractivity (Wildman–Crippen MR) is 74.2 cm³/mol. The van der Waals surface area contributed by atoms with E-state index in [9.17, 15) is 9.59 Å². The molecule has 102 valence electrons. The molecule has 0 bridgehead atoms. The molecule has 0 aliphatic carbocycles. The SMILES string of the molecule is Cc1ccc(SCC(=O)N2CC(CC(=O)O)C2)cc1. The molecular formula is C14H17NO3S. The van der Waals surface area contributed by atoms with E-state index < -0.39 is 5.97 Å². The highest BCUT2D eigenvalue weighted by atomic mass is 32.2. The molecule has 0 unspecified atom stereocenters. The zero-order chi connectivity index (χ0) is 13.8. The molecule has 1 aromatic carbocycles. The van der Waals surface area contributed by atoms with Crippen molar-refractivity contribution in [1.82, 2.24) is 4.90 Å². The third-order valence-corrected chi connectivity index (χ3v) is 4.15. The van der Waals surface area contributed by atoms with Crippen molar-refractivity contribution >= 4 is 23.6 Å². The van der Waals surface area contributed by atoms with Crippen molar-refractivity contribution in [3.63, 3.8) is 0 Å². The predicted octanol–water partition coefficient (Wildman–Crippen LogP) is 2.02. The van der Waals surface area contributed by atoms with Gasteiger partial charge in [0.1, 0.15) is 0 Å². The van der Waals surface area contributed by atoms with Crippen LogP contribution in [-0.2, 0) is 9.59 Å². The first-order chi connectivity index (χ1) is 9.04. The van der Waals surface area contributed by atoms with Gasteiger partial charge in [0, 0.05) is 23.9 Å². The van der Waals surface area contributed by atoms with Gasteiger partial charge >= 0.3 is 5.97 Å². The number of benzene rings is 1. The Morgan fingerprint density at radius 1 is 1.32 bits per heavy atom. The summed E-state index contributed by atoms with van der Waals surface area (Å²) in [5.41, 5.74) is 1.20. The molecule has 1 fully saturated rings. The first kappa shape index (κ1) is 13.9. The summed E-state index contributed by atoms with van der Waals surface area (Å²) >= 11 is 1.52. The molecule has 1 saturated heterocycles. The fourth-order valence-corrected chi connectivity index (χ4v) is 2.82. The van der Waals surface area contributed by atoms with E-state index in [-0.39, 0.29) is 18.2 Å². The van der Waals surface area contributed by atoms with Crippen LogP contribution in [0, 0.1) is 12.8 Å². The summed E-state index contributed by atoms with van der Waals surface area (Å²) in [4.78, 5) is 25.2. The van der Waals surface area contributed by atoms with Gasteiger partial charge in [0.05, 0.1) is 12.2 Å². The Morgan fingerprint density at radius 3 is 2.53 bits per heavy atom. The van der Waals surface area contributed by atoms with Gasteiger partial charge in [0.15, 0.2) is 0 Å². The summed E-state index contributed by atoms with van der Waals surface area (Å²) in [5.74, 6) is -0.146. The average molecular weight is 279 g/mol. The normalized spacial score (nSPS) is 15.1. The van der Waals surface area contributed by atoms with Gasteiger partial charge in [-0.1, -0.05) is 17.7 Å². The van der Waals surface area contributed by atoms with Crippen LogP contribution in [0.25, 0.3) is 0 Å². The number of aryl methyl sites for hydroxylation is 1. The van der Waals surface area contributed by atoms with Crippen LogP contribution >= 0.6 is 11.8 Å². The van der Waals surface area contributed by atoms with Crippen molar-refractivity contribution < 1.29 is 14.7 Å². The molecule has 0 saturated carbocycles. The highest BCUT2D eigenvalue weighted by Gasteiger charge is 2.31.